The molecule has 0 spiro atoms. The summed E-state index contributed by atoms with van der Waals surface area (Å²) in [7, 11) is 2.35. The van der Waals surface area contributed by atoms with Crippen LogP contribution < -0.4 is 5.32 Å². The van der Waals surface area contributed by atoms with Gasteiger partial charge in [-0.05, 0) is 58.4 Å². The lowest BCUT2D eigenvalue weighted by atomic mass is 9.84. The Kier molecular flexibility index (Phi) is 6.15. The van der Waals surface area contributed by atoms with Crippen molar-refractivity contribution in [1.82, 2.24) is 10.2 Å². The number of nitrogens with zero attached hydrogens (tertiary/aromatic N) is 1. The third-order valence-corrected chi connectivity index (χ3v) is 5.72. The molecule has 1 unspecified atom stereocenters. The average molecular weight is 266 g/mol. The summed E-state index contributed by atoms with van der Waals surface area (Å²) in [5.74, 6) is 1.01. The van der Waals surface area contributed by atoms with Crippen LogP contribution in [0.25, 0.3) is 0 Å². The smallest absolute Gasteiger partial charge is 0.0192 e. The lowest BCUT2D eigenvalue weighted by Gasteiger charge is -2.38. The van der Waals surface area contributed by atoms with Crippen LogP contribution >= 0.6 is 0 Å². The van der Waals surface area contributed by atoms with Gasteiger partial charge in [-0.2, -0.15) is 0 Å². The molecule has 0 bridgehead atoms. The number of rotatable bonds is 6. The summed E-state index contributed by atoms with van der Waals surface area (Å²) in [6, 6.07) is 2.33. The Morgan fingerprint density at radius 1 is 1.05 bits per heavy atom. The van der Waals surface area contributed by atoms with Crippen LogP contribution in [0, 0.1) is 5.92 Å². The Morgan fingerprint density at radius 2 is 1.68 bits per heavy atom. The monoisotopic (exact) mass is 266 g/mol. The van der Waals surface area contributed by atoms with Crippen LogP contribution in [-0.2, 0) is 0 Å². The zero-order valence-electron chi connectivity index (χ0n) is 13.3. The van der Waals surface area contributed by atoms with Crippen LogP contribution in [-0.4, -0.2) is 36.6 Å². The first-order valence-corrected chi connectivity index (χ1v) is 8.66. The van der Waals surface area contributed by atoms with Crippen molar-refractivity contribution in [3.8, 4) is 0 Å². The standard InChI is InChI=1S/C17H34N2/c1-4-15-9-11-17(12-10-15)19(3)14(2)13-18-16-7-5-6-8-16/h14-18H,4-13H2,1-3H3. The molecule has 2 aliphatic carbocycles. The van der Waals surface area contributed by atoms with Crippen molar-refractivity contribution in [2.75, 3.05) is 13.6 Å². The zero-order valence-corrected chi connectivity index (χ0v) is 13.3. The van der Waals surface area contributed by atoms with Gasteiger partial charge in [0.1, 0.15) is 0 Å². The van der Waals surface area contributed by atoms with Crippen molar-refractivity contribution in [3.63, 3.8) is 0 Å². The number of nitrogens with one attached hydrogen (secondary N) is 1. The van der Waals surface area contributed by atoms with Crippen molar-refractivity contribution in [3.05, 3.63) is 0 Å². The van der Waals surface area contributed by atoms with Crippen molar-refractivity contribution in [2.45, 2.75) is 89.8 Å². The van der Waals surface area contributed by atoms with Gasteiger partial charge >= 0.3 is 0 Å². The molecule has 0 amide bonds. The first-order valence-electron chi connectivity index (χ1n) is 8.66. The number of hydrogen-bond acceptors (Lipinski definition) is 2. The molecule has 0 heterocycles. The summed E-state index contributed by atoms with van der Waals surface area (Å²) in [5.41, 5.74) is 0. The maximum atomic E-state index is 3.78. The summed E-state index contributed by atoms with van der Waals surface area (Å²) in [4.78, 5) is 2.65. The molecule has 2 fully saturated rings. The van der Waals surface area contributed by atoms with E-state index in [4.69, 9.17) is 0 Å². The Bertz CT molecular complexity index is 240. The average Bonchev–Trinajstić information content (AvgIpc) is 2.97. The number of hydrogen-bond donors (Lipinski definition) is 1. The summed E-state index contributed by atoms with van der Waals surface area (Å²) in [6.45, 7) is 5.92. The summed E-state index contributed by atoms with van der Waals surface area (Å²) < 4.78 is 0. The van der Waals surface area contributed by atoms with E-state index in [1.807, 2.05) is 0 Å². The maximum absolute atomic E-state index is 3.78. The quantitative estimate of drug-likeness (QED) is 0.786. The molecule has 2 saturated carbocycles. The molecule has 19 heavy (non-hydrogen) atoms. The van der Waals surface area contributed by atoms with Gasteiger partial charge in [0.25, 0.3) is 0 Å². The van der Waals surface area contributed by atoms with E-state index in [1.165, 1.54) is 64.3 Å². The molecule has 112 valence electrons. The topological polar surface area (TPSA) is 15.3 Å². The lowest BCUT2D eigenvalue weighted by molar-refractivity contribution is 0.124. The molecule has 1 N–H and O–H groups in total. The molecule has 0 aromatic heterocycles. The van der Waals surface area contributed by atoms with E-state index in [0.29, 0.717) is 6.04 Å². The van der Waals surface area contributed by atoms with Crippen molar-refractivity contribution in [1.29, 1.82) is 0 Å². The van der Waals surface area contributed by atoms with E-state index in [9.17, 15) is 0 Å². The van der Waals surface area contributed by atoms with Gasteiger partial charge in [0, 0.05) is 24.7 Å². The van der Waals surface area contributed by atoms with Crippen LogP contribution in [0.4, 0.5) is 0 Å². The third-order valence-electron chi connectivity index (χ3n) is 5.72. The molecular formula is C17H34N2. The molecule has 0 aromatic rings. The second-order valence-electron chi connectivity index (χ2n) is 6.99. The second kappa shape index (κ2) is 7.64. The highest BCUT2D eigenvalue weighted by Crippen LogP contribution is 2.29. The normalized spacial score (nSPS) is 30.9. The fourth-order valence-corrected chi connectivity index (χ4v) is 3.93. The highest BCUT2D eigenvalue weighted by atomic mass is 15.2. The van der Waals surface area contributed by atoms with E-state index in [-0.39, 0.29) is 0 Å². The van der Waals surface area contributed by atoms with Crippen LogP contribution in [0.15, 0.2) is 0 Å². The van der Waals surface area contributed by atoms with Crippen molar-refractivity contribution < 1.29 is 0 Å². The van der Waals surface area contributed by atoms with Crippen LogP contribution in [0.2, 0.25) is 0 Å². The molecule has 0 aromatic carbocycles. The molecule has 2 heteroatoms. The Balaban J connectivity index is 1.68. The largest absolute Gasteiger partial charge is 0.312 e. The van der Waals surface area contributed by atoms with Gasteiger partial charge in [0.2, 0.25) is 0 Å². The second-order valence-corrected chi connectivity index (χ2v) is 6.99. The van der Waals surface area contributed by atoms with Crippen molar-refractivity contribution in [2.24, 2.45) is 5.92 Å². The number of likely N-dealkylation sites (N-methyl/N-ethyl adjacent to an activating group) is 1. The molecule has 2 rings (SSSR count). The fraction of sp³-hybridized carbons (Fsp3) is 1.00. The minimum Gasteiger partial charge on any atom is -0.312 e. The first kappa shape index (κ1) is 15.3. The van der Waals surface area contributed by atoms with Crippen LogP contribution in [0.5, 0.6) is 0 Å². The Hall–Kier alpha value is -0.0800. The van der Waals surface area contributed by atoms with Gasteiger partial charge in [0.15, 0.2) is 0 Å². The zero-order chi connectivity index (χ0) is 13.7. The van der Waals surface area contributed by atoms with Gasteiger partial charge < -0.3 is 5.32 Å². The first-order chi connectivity index (χ1) is 9.20. The maximum Gasteiger partial charge on any atom is 0.0192 e. The van der Waals surface area contributed by atoms with Gasteiger partial charge in [-0.3, -0.25) is 4.90 Å². The highest BCUT2D eigenvalue weighted by molar-refractivity contribution is 4.82. The van der Waals surface area contributed by atoms with E-state index >= 15 is 0 Å². The minimum absolute atomic E-state index is 0.684. The Morgan fingerprint density at radius 3 is 2.26 bits per heavy atom. The van der Waals surface area contributed by atoms with Gasteiger partial charge in [-0.25, -0.2) is 0 Å². The molecule has 0 radical (unpaired) electrons. The molecule has 1 atom stereocenters. The Labute approximate surface area is 120 Å². The summed E-state index contributed by atoms with van der Waals surface area (Å²) >= 11 is 0. The summed E-state index contributed by atoms with van der Waals surface area (Å²) in [5, 5.41) is 3.78. The summed E-state index contributed by atoms with van der Waals surface area (Å²) in [6.07, 6.45) is 12.8. The SMILES string of the molecule is CCC1CCC(N(C)C(C)CNC2CCCC2)CC1. The predicted octanol–water partition coefficient (Wildman–Crippen LogP) is 3.81. The van der Waals surface area contributed by atoms with Gasteiger partial charge in [-0.1, -0.05) is 26.2 Å². The van der Waals surface area contributed by atoms with E-state index < -0.39 is 0 Å². The van der Waals surface area contributed by atoms with Crippen molar-refractivity contribution >= 4 is 0 Å². The molecule has 2 aliphatic rings. The predicted molar refractivity (Wildman–Crippen MR) is 83.5 cm³/mol. The molecule has 0 saturated heterocycles. The van der Waals surface area contributed by atoms with Crippen LogP contribution in [0.1, 0.15) is 71.6 Å². The molecule has 2 nitrogen and oxygen atoms in total. The van der Waals surface area contributed by atoms with Crippen LogP contribution in [0.3, 0.4) is 0 Å². The molecular weight excluding hydrogens is 232 g/mol. The van der Waals surface area contributed by atoms with E-state index in [1.54, 1.807) is 0 Å². The minimum atomic E-state index is 0.684. The third kappa shape index (κ3) is 4.46. The van der Waals surface area contributed by atoms with Gasteiger partial charge in [-0.15, -0.1) is 0 Å². The van der Waals surface area contributed by atoms with E-state index in [0.717, 1.165) is 18.0 Å². The van der Waals surface area contributed by atoms with E-state index in [2.05, 4.69) is 31.1 Å². The van der Waals surface area contributed by atoms with Gasteiger partial charge in [0.05, 0.1) is 0 Å². The fourth-order valence-electron chi connectivity index (χ4n) is 3.93. The lowest BCUT2D eigenvalue weighted by Crippen LogP contribution is -2.46. The molecule has 0 aliphatic heterocycles. The highest BCUT2D eigenvalue weighted by Gasteiger charge is 2.26.